The molecule has 28 nitrogen and oxygen atoms in total. The summed E-state index contributed by atoms with van der Waals surface area (Å²) >= 11 is 0. The smallest absolute Gasteiger partial charge is 0.187 e. The number of methoxy groups -OCH3 is 1. The molecule has 0 bridgehead atoms. The first-order valence-electron chi connectivity index (χ1n) is 30.7. The molecule has 10 rings (SSSR count). The van der Waals surface area contributed by atoms with Crippen LogP contribution in [0.25, 0.3) is 0 Å². The highest BCUT2D eigenvalue weighted by atomic mass is 16.8. The Hall–Kier alpha value is -1.12. The Morgan fingerprint density at radius 1 is 0.518 bits per heavy atom. The zero-order valence-electron chi connectivity index (χ0n) is 48.9. The van der Waals surface area contributed by atoms with Gasteiger partial charge in [-0.1, -0.05) is 27.7 Å². The van der Waals surface area contributed by atoms with Crippen LogP contribution in [0.5, 0.6) is 0 Å². The third-order valence-corrected chi connectivity index (χ3v) is 22.1. The molecule has 4 saturated carbocycles. The Balaban J connectivity index is 0.764. The van der Waals surface area contributed by atoms with Crippen molar-refractivity contribution in [3.63, 3.8) is 0 Å². The van der Waals surface area contributed by atoms with Gasteiger partial charge in [-0.05, 0) is 104 Å². The monoisotopic (exact) mass is 1230 g/mol. The summed E-state index contributed by atoms with van der Waals surface area (Å²) in [6.45, 7) is 5.72. The average Bonchev–Trinajstić information content (AvgIpc) is 1.60. The molecule has 0 aromatic rings. The second-order valence-electron chi connectivity index (χ2n) is 26.8. The molecule has 6 saturated heterocycles. The summed E-state index contributed by atoms with van der Waals surface area (Å²) in [5.74, 6) is 1.23. The maximum absolute atomic E-state index is 11.9. The van der Waals surface area contributed by atoms with E-state index in [2.05, 4.69) is 20.8 Å². The van der Waals surface area contributed by atoms with Crippen molar-refractivity contribution in [2.45, 2.75) is 257 Å². The van der Waals surface area contributed by atoms with Crippen LogP contribution in [0, 0.1) is 52.3 Å². The largest absolute Gasteiger partial charge is 0.394 e. The fourth-order valence-electron chi connectivity index (χ4n) is 17.2. The van der Waals surface area contributed by atoms with Gasteiger partial charge in [-0.2, -0.15) is 0 Å². The molecule has 492 valence electrons. The first kappa shape index (κ1) is 66.8. The minimum absolute atomic E-state index is 0.00540. The highest BCUT2D eigenvalue weighted by Crippen LogP contribution is 2.71. The van der Waals surface area contributed by atoms with Crippen LogP contribution in [0.4, 0.5) is 0 Å². The highest BCUT2D eigenvalue weighted by molar-refractivity contribution is 5.15. The molecular weight excluding hydrogens is 1130 g/mol. The third kappa shape index (κ3) is 12.3. The van der Waals surface area contributed by atoms with Crippen molar-refractivity contribution in [1.29, 1.82) is 0 Å². The number of fused-ring (bicyclic) bond motifs is 7. The lowest BCUT2D eigenvalue weighted by Gasteiger charge is -2.61. The molecule has 85 heavy (non-hydrogen) atoms. The Bertz CT molecular complexity index is 2150. The fraction of sp³-hybridized carbons (Fsp3) is 1.00. The summed E-state index contributed by atoms with van der Waals surface area (Å²) in [6.07, 6.45) is -32.1. The van der Waals surface area contributed by atoms with Gasteiger partial charge in [0.1, 0.15) is 116 Å². The molecule has 0 amide bonds. The number of hydrogen-bond acceptors (Lipinski definition) is 28. The molecule has 0 radical (unpaired) electrons. The van der Waals surface area contributed by atoms with Crippen LogP contribution in [-0.4, -0.2) is 294 Å². The number of hydrogen-bond donors (Lipinski definition) is 16. The van der Waals surface area contributed by atoms with E-state index in [0.717, 1.165) is 38.5 Å². The van der Waals surface area contributed by atoms with Gasteiger partial charge in [0.05, 0.1) is 51.8 Å². The lowest BCUT2D eigenvalue weighted by Crippen LogP contribution is -2.68. The maximum atomic E-state index is 11.9. The molecule has 10 fully saturated rings. The Labute approximate surface area is 493 Å². The predicted molar refractivity (Wildman–Crippen MR) is 283 cm³/mol. The molecule has 0 aromatic heterocycles. The van der Waals surface area contributed by atoms with Crippen molar-refractivity contribution in [2.24, 2.45) is 52.3 Å². The number of rotatable bonds is 19. The van der Waals surface area contributed by atoms with E-state index in [1.807, 2.05) is 6.92 Å². The number of ether oxygens (including phenoxy) is 12. The standard InChI is InChI=1S/C57H96O28/c1-22(20-75-50-44(71)40(67)37(64)31(16-58)78-50)8-13-57(74-5)23(2)35-30(85-57)15-28-26-7-6-24-14-25(9-11-55(24,3)27(26)10-12-56(28,35)4)77-52-46(73)42(69)47(34(19-61)81-52)82-54-49(84-53-45(72)41(68)38(65)32(17-59)79-53)48(39(66)33(18-60)80-54)83-51-43(70)36(63)29(62)21-76-51/h22-54,58-73H,6-21H2,1-5H3/t22-,23+,24+,25+,26-,27+,28+,29-,30+,31-,32-,33-,34-,35+,36+,37-,38-,39-,40+,41+,42-,43-,44-,45-,46-,47+,48+,49-,50-,51+,52-,53+,54+,55+,56+,57-/m1/s1. The molecule has 28 heteroatoms. The molecular formula is C57H96O28. The molecule has 0 unspecified atom stereocenters. The summed E-state index contributed by atoms with van der Waals surface area (Å²) in [7, 11) is 1.71. The highest BCUT2D eigenvalue weighted by Gasteiger charge is 2.69. The van der Waals surface area contributed by atoms with Crippen LogP contribution in [0.15, 0.2) is 0 Å². The van der Waals surface area contributed by atoms with Crippen LogP contribution in [-0.2, 0) is 56.8 Å². The summed E-state index contributed by atoms with van der Waals surface area (Å²) in [6, 6.07) is 0. The van der Waals surface area contributed by atoms with Gasteiger partial charge in [-0.15, -0.1) is 0 Å². The van der Waals surface area contributed by atoms with Crippen molar-refractivity contribution in [3.8, 4) is 0 Å². The first-order valence-corrected chi connectivity index (χ1v) is 30.7. The van der Waals surface area contributed by atoms with E-state index < -0.39 is 192 Å². The van der Waals surface area contributed by atoms with E-state index in [-0.39, 0.29) is 47.2 Å². The quantitative estimate of drug-likeness (QED) is 0.0540. The average molecular weight is 1230 g/mol. The van der Waals surface area contributed by atoms with Crippen LogP contribution in [0.1, 0.15) is 91.9 Å². The van der Waals surface area contributed by atoms with E-state index in [1.54, 1.807) is 7.11 Å². The van der Waals surface area contributed by atoms with E-state index in [0.29, 0.717) is 43.4 Å². The summed E-state index contributed by atoms with van der Waals surface area (Å²) in [4.78, 5) is 0. The number of aliphatic hydroxyl groups excluding tert-OH is 16. The van der Waals surface area contributed by atoms with Crippen LogP contribution >= 0.6 is 0 Å². The normalized spacial score (nSPS) is 54.9. The van der Waals surface area contributed by atoms with E-state index in [1.165, 1.54) is 0 Å². The summed E-state index contributed by atoms with van der Waals surface area (Å²) < 4.78 is 72.8. The maximum Gasteiger partial charge on any atom is 0.187 e. The van der Waals surface area contributed by atoms with Crippen molar-refractivity contribution in [2.75, 3.05) is 46.8 Å². The van der Waals surface area contributed by atoms with Crippen LogP contribution in [0.3, 0.4) is 0 Å². The Morgan fingerprint density at radius 2 is 1.07 bits per heavy atom. The minimum atomic E-state index is -2.02. The van der Waals surface area contributed by atoms with Crippen molar-refractivity contribution in [3.05, 3.63) is 0 Å². The molecule has 36 atom stereocenters. The van der Waals surface area contributed by atoms with E-state index >= 15 is 0 Å². The van der Waals surface area contributed by atoms with Gasteiger partial charge < -0.3 is 139 Å². The van der Waals surface area contributed by atoms with Crippen molar-refractivity contribution in [1.82, 2.24) is 0 Å². The minimum Gasteiger partial charge on any atom is -0.394 e. The van der Waals surface area contributed by atoms with Crippen LogP contribution < -0.4 is 0 Å². The van der Waals surface area contributed by atoms with Crippen molar-refractivity contribution >= 4 is 0 Å². The molecule has 16 N–H and O–H groups in total. The van der Waals surface area contributed by atoms with Crippen molar-refractivity contribution < 1.29 is 139 Å². The van der Waals surface area contributed by atoms with Gasteiger partial charge in [-0.3, -0.25) is 0 Å². The predicted octanol–water partition coefficient (Wildman–Crippen LogP) is -4.84. The molecule has 6 heterocycles. The Morgan fingerprint density at radius 3 is 1.73 bits per heavy atom. The van der Waals surface area contributed by atoms with Crippen LogP contribution in [0.2, 0.25) is 0 Å². The SMILES string of the molecule is CO[C@]1(CC[C@@H](C)CO[C@@H]2O[C@H](CO)[C@@H](O)[C@H](O)[C@H]2O)O[C@H]2C[C@H]3[C@@H]4CC[C@H]5C[C@@H](O[C@@H]6O[C@H](CO)[C@H](O[C@@H]7O[C@H](CO)[C@@H](O)[C@H](O[C@@H]8OC[C@@H](O)[C@H](O)[C@H]8O)[C@H]7O[C@@H]7O[C@H](CO)[C@@H](O)[C@H](O)[C@H]7O)[C@H](O)[C@H]6O)CC[C@]5(C)[C@H]4CC[C@]3(C)[C@H]2[C@@H]1C. The molecule has 10 aliphatic rings. The van der Waals surface area contributed by atoms with E-state index in [4.69, 9.17) is 56.8 Å². The second-order valence-corrected chi connectivity index (χ2v) is 26.8. The zero-order valence-corrected chi connectivity index (χ0v) is 48.9. The topological polar surface area (TPSA) is 434 Å². The van der Waals surface area contributed by atoms with Gasteiger partial charge in [0.25, 0.3) is 0 Å². The van der Waals surface area contributed by atoms with Gasteiger partial charge in [0, 0.05) is 19.4 Å². The lowest BCUT2D eigenvalue weighted by molar-refractivity contribution is -0.404. The van der Waals surface area contributed by atoms with Gasteiger partial charge >= 0.3 is 0 Å². The second kappa shape index (κ2) is 26.8. The summed E-state index contributed by atoms with van der Waals surface area (Å²) in [5.41, 5.74) is 0.0173. The number of aliphatic hydroxyl groups is 16. The van der Waals surface area contributed by atoms with E-state index in [9.17, 15) is 81.7 Å². The fourth-order valence-corrected chi connectivity index (χ4v) is 17.2. The lowest BCUT2D eigenvalue weighted by atomic mass is 9.44. The molecule has 0 spiro atoms. The third-order valence-electron chi connectivity index (χ3n) is 22.1. The van der Waals surface area contributed by atoms with Gasteiger partial charge in [0.2, 0.25) is 0 Å². The zero-order chi connectivity index (χ0) is 61.4. The molecule has 4 aliphatic carbocycles. The summed E-state index contributed by atoms with van der Waals surface area (Å²) in [5, 5.41) is 170. The Kier molecular flexibility index (Phi) is 21.1. The molecule has 0 aromatic carbocycles. The van der Waals surface area contributed by atoms with Gasteiger partial charge in [0.15, 0.2) is 37.2 Å². The van der Waals surface area contributed by atoms with Gasteiger partial charge in [-0.25, -0.2) is 0 Å². The first-order chi connectivity index (χ1) is 40.4. The molecule has 6 aliphatic heterocycles.